The van der Waals surface area contributed by atoms with Gasteiger partial charge in [-0.3, -0.25) is 10.3 Å². The average Bonchev–Trinajstić information content (AvgIpc) is 2.92. The molecule has 0 unspecified atom stereocenters. The highest BCUT2D eigenvalue weighted by Crippen LogP contribution is 2.24. The van der Waals surface area contributed by atoms with Gasteiger partial charge in [-0.15, -0.1) is 0 Å². The van der Waals surface area contributed by atoms with Crippen LogP contribution < -0.4 is 5.32 Å². The molecule has 0 fully saturated rings. The van der Waals surface area contributed by atoms with Gasteiger partial charge in [-0.1, -0.05) is 0 Å². The van der Waals surface area contributed by atoms with Gasteiger partial charge in [0.05, 0.1) is 11.9 Å². The SMILES string of the molecule is CC(C)(C)OC(=O)Nc1cncc(-c2cnc3[nH]ccc3c2)c1. The Morgan fingerprint density at radius 3 is 2.74 bits per heavy atom. The quantitative estimate of drug-likeness (QED) is 0.750. The summed E-state index contributed by atoms with van der Waals surface area (Å²) >= 11 is 0. The summed E-state index contributed by atoms with van der Waals surface area (Å²) in [6.07, 6.45) is 6.43. The van der Waals surface area contributed by atoms with Crippen molar-refractivity contribution in [2.24, 2.45) is 0 Å². The highest BCUT2D eigenvalue weighted by Gasteiger charge is 2.16. The Morgan fingerprint density at radius 1 is 1.17 bits per heavy atom. The Hall–Kier alpha value is -2.89. The van der Waals surface area contributed by atoms with Crippen molar-refractivity contribution >= 4 is 22.8 Å². The molecule has 2 N–H and O–H groups in total. The van der Waals surface area contributed by atoms with Crippen LogP contribution in [0, 0.1) is 0 Å². The number of nitrogens with zero attached hydrogens (tertiary/aromatic N) is 2. The fourth-order valence-electron chi connectivity index (χ4n) is 2.19. The van der Waals surface area contributed by atoms with Gasteiger partial charge in [0.1, 0.15) is 11.2 Å². The van der Waals surface area contributed by atoms with Crippen LogP contribution in [0.4, 0.5) is 10.5 Å². The van der Waals surface area contributed by atoms with Crippen LogP contribution in [0.5, 0.6) is 0 Å². The molecular weight excluding hydrogens is 292 g/mol. The number of carbonyl (C=O) groups excluding carboxylic acids is 1. The van der Waals surface area contributed by atoms with E-state index in [1.807, 2.05) is 45.2 Å². The molecule has 3 rings (SSSR count). The van der Waals surface area contributed by atoms with Crippen LogP contribution in [0.3, 0.4) is 0 Å². The first-order valence-corrected chi connectivity index (χ1v) is 7.29. The third-order valence-corrected chi connectivity index (χ3v) is 3.12. The monoisotopic (exact) mass is 310 g/mol. The maximum Gasteiger partial charge on any atom is 0.412 e. The summed E-state index contributed by atoms with van der Waals surface area (Å²) in [5.74, 6) is 0. The first-order valence-electron chi connectivity index (χ1n) is 7.29. The fraction of sp³-hybridized carbons (Fsp3) is 0.235. The van der Waals surface area contributed by atoms with Crippen molar-refractivity contribution in [3.63, 3.8) is 0 Å². The maximum absolute atomic E-state index is 11.8. The smallest absolute Gasteiger partial charge is 0.412 e. The molecule has 23 heavy (non-hydrogen) atoms. The van der Waals surface area contributed by atoms with E-state index in [4.69, 9.17) is 4.74 Å². The number of hydrogen-bond acceptors (Lipinski definition) is 4. The zero-order valence-electron chi connectivity index (χ0n) is 13.3. The van der Waals surface area contributed by atoms with Crippen LogP contribution in [-0.2, 0) is 4.74 Å². The van der Waals surface area contributed by atoms with Gasteiger partial charge < -0.3 is 9.72 Å². The highest BCUT2D eigenvalue weighted by atomic mass is 16.6. The zero-order valence-corrected chi connectivity index (χ0v) is 13.3. The van der Waals surface area contributed by atoms with E-state index in [-0.39, 0.29) is 0 Å². The van der Waals surface area contributed by atoms with Crippen molar-refractivity contribution in [2.75, 3.05) is 5.32 Å². The lowest BCUT2D eigenvalue weighted by molar-refractivity contribution is 0.0636. The third-order valence-electron chi connectivity index (χ3n) is 3.12. The summed E-state index contributed by atoms with van der Waals surface area (Å²) < 4.78 is 5.24. The predicted molar refractivity (Wildman–Crippen MR) is 89.2 cm³/mol. The van der Waals surface area contributed by atoms with Crippen molar-refractivity contribution in [1.82, 2.24) is 15.0 Å². The molecule has 3 aromatic heterocycles. The van der Waals surface area contributed by atoms with Gasteiger partial charge >= 0.3 is 6.09 Å². The Balaban J connectivity index is 1.83. The molecule has 0 radical (unpaired) electrons. The van der Waals surface area contributed by atoms with E-state index in [0.29, 0.717) is 5.69 Å². The zero-order chi connectivity index (χ0) is 16.4. The van der Waals surface area contributed by atoms with E-state index in [2.05, 4.69) is 20.3 Å². The first kappa shape index (κ1) is 15.0. The number of carbonyl (C=O) groups is 1. The molecule has 0 aliphatic carbocycles. The van der Waals surface area contributed by atoms with Gasteiger partial charge in [-0.2, -0.15) is 0 Å². The van der Waals surface area contributed by atoms with Crippen molar-refractivity contribution in [1.29, 1.82) is 0 Å². The van der Waals surface area contributed by atoms with Crippen LogP contribution >= 0.6 is 0 Å². The van der Waals surface area contributed by atoms with E-state index in [1.54, 1.807) is 18.6 Å². The Labute approximate surface area is 133 Å². The number of aromatic amines is 1. The van der Waals surface area contributed by atoms with Crippen LogP contribution in [0.1, 0.15) is 20.8 Å². The van der Waals surface area contributed by atoms with Gasteiger partial charge in [0.2, 0.25) is 0 Å². The Bertz CT molecular complexity index is 849. The van der Waals surface area contributed by atoms with Crippen LogP contribution in [0.15, 0.2) is 43.0 Å². The number of rotatable bonds is 2. The number of H-pyrrole nitrogens is 1. The van der Waals surface area contributed by atoms with E-state index in [1.165, 1.54) is 0 Å². The molecule has 0 spiro atoms. The molecule has 0 aliphatic heterocycles. The lowest BCUT2D eigenvalue weighted by Gasteiger charge is -2.19. The number of amides is 1. The van der Waals surface area contributed by atoms with Gasteiger partial charge in [0, 0.05) is 35.1 Å². The molecule has 0 aliphatic rings. The van der Waals surface area contributed by atoms with Crippen LogP contribution in [0.25, 0.3) is 22.2 Å². The Morgan fingerprint density at radius 2 is 1.96 bits per heavy atom. The van der Waals surface area contributed by atoms with Crippen LogP contribution in [-0.4, -0.2) is 26.6 Å². The summed E-state index contributed by atoms with van der Waals surface area (Å²) in [6, 6.07) is 5.82. The summed E-state index contributed by atoms with van der Waals surface area (Å²) in [4.78, 5) is 23.4. The third kappa shape index (κ3) is 3.66. The molecule has 3 heterocycles. The molecule has 0 aromatic carbocycles. The van der Waals surface area contributed by atoms with Gasteiger partial charge in [0.25, 0.3) is 0 Å². The molecule has 0 bridgehead atoms. The number of ether oxygens (including phenoxy) is 1. The minimum Gasteiger partial charge on any atom is -0.444 e. The van der Waals surface area contributed by atoms with E-state index in [9.17, 15) is 4.79 Å². The van der Waals surface area contributed by atoms with E-state index < -0.39 is 11.7 Å². The Kier molecular flexibility index (Phi) is 3.73. The van der Waals surface area contributed by atoms with E-state index in [0.717, 1.165) is 22.2 Å². The summed E-state index contributed by atoms with van der Waals surface area (Å²) in [6.45, 7) is 5.46. The van der Waals surface area contributed by atoms with Crippen molar-refractivity contribution in [3.05, 3.63) is 43.0 Å². The summed E-state index contributed by atoms with van der Waals surface area (Å²) in [5.41, 5.74) is 2.67. The highest BCUT2D eigenvalue weighted by molar-refractivity contribution is 5.86. The standard InChI is InChI=1S/C17H18N4O2/c1-17(2,3)23-16(22)21-14-7-13(8-18-10-14)12-6-11-4-5-19-15(11)20-9-12/h4-10H,1-3H3,(H,19,20)(H,21,22). The minimum atomic E-state index is -0.543. The molecule has 1 amide bonds. The lowest BCUT2D eigenvalue weighted by Crippen LogP contribution is -2.27. The maximum atomic E-state index is 11.8. The van der Waals surface area contributed by atoms with Gasteiger partial charge in [0.15, 0.2) is 0 Å². The molecule has 0 saturated heterocycles. The molecular formula is C17H18N4O2. The van der Waals surface area contributed by atoms with Crippen molar-refractivity contribution in [2.45, 2.75) is 26.4 Å². The summed E-state index contributed by atoms with van der Waals surface area (Å²) in [7, 11) is 0. The molecule has 6 heteroatoms. The second-order valence-corrected chi connectivity index (χ2v) is 6.23. The number of nitrogens with one attached hydrogen (secondary N) is 2. The molecule has 3 aromatic rings. The van der Waals surface area contributed by atoms with Crippen molar-refractivity contribution < 1.29 is 9.53 Å². The normalized spacial score (nSPS) is 11.4. The van der Waals surface area contributed by atoms with E-state index >= 15 is 0 Å². The minimum absolute atomic E-state index is 0.504. The fourth-order valence-corrected chi connectivity index (χ4v) is 2.19. The van der Waals surface area contributed by atoms with Gasteiger partial charge in [-0.25, -0.2) is 9.78 Å². The predicted octanol–water partition coefficient (Wildman–Crippen LogP) is 3.97. The number of fused-ring (bicyclic) bond motifs is 1. The first-order chi connectivity index (χ1) is 10.9. The molecule has 118 valence electrons. The van der Waals surface area contributed by atoms with Crippen molar-refractivity contribution in [3.8, 4) is 11.1 Å². The number of anilines is 1. The topological polar surface area (TPSA) is 79.9 Å². The number of hydrogen-bond donors (Lipinski definition) is 2. The molecule has 0 saturated carbocycles. The average molecular weight is 310 g/mol. The number of pyridine rings is 2. The molecule has 6 nitrogen and oxygen atoms in total. The summed E-state index contributed by atoms with van der Waals surface area (Å²) in [5, 5.41) is 3.71. The second-order valence-electron chi connectivity index (χ2n) is 6.23. The molecule has 0 atom stereocenters. The van der Waals surface area contributed by atoms with Gasteiger partial charge in [-0.05, 0) is 39.0 Å². The second kappa shape index (κ2) is 5.72. The number of aromatic nitrogens is 3. The largest absolute Gasteiger partial charge is 0.444 e. The van der Waals surface area contributed by atoms with Crippen LogP contribution in [0.2, 0.25) is 0 Å². The lowest BCUT2D eigenvalue weighted by atomic mass is 10.1.